The van der Waals surface area contributed by atoms with Crippen LogP contribution in [0, 0.1) is 0 Å². The molecule has 9 nitrogen and oxygen atoms in total. The summed E-state index contributed by atoms with van der Waals surface area (Å²) in [5.74, 6) is -0.721. The monoisotopic (exact) mass is 587 g/mol. The van der Waals surface area contributed by atoms with E-state index in [1.165, 1.54) is 6.07 Å². The third kappa shape index (κ3) is 6.15. The number of ether oxygens (including phenoxy) is 1. The van der Waals surface area contributed by atoms with Gasteiger partial charge >= 0.3 is 0 Å². The van der Waals surface area contributed by atoms with Crippen LogP contribution in [0.15, 0.2) is 75.8 Å². The smallest absolute Gasteiger partial charge is 0.294 e. The summed E-state index contributed by atoms with van der Waals surface area (Å²) in [5.41, 5.74) is 0.816. The minimum atomic E-state index is -4.56. The first-order valence-electron chi connectivity index (χ1n) is 11.7. The van der Waals surface area contributed by atoms with Crippen LogP contribution in [0.5, 0.6) is 11.5 Å². The first-order chi connectivity index (χ1) is 18.5. The molecule has 0 spiro atoms. The van der Waals surface area contributed by atoms with Gasteiger partial charge in [-0.05, 0) is 54.6 Å². The van der Waals surface area contributed by atoms with Gasteiger partial charge in [-0.2, -0.15) is 13.5 Å². The van der Waals surface area contributed by atoms with Crippen molar-refractivity contribution in [2.75, 3.05) is 11.9 Å². The summed E-state index contributed by atoms with van der Waals surface area (Å²) in [4.78, 5) is 12.9. The maximum Gasteiger partial charge on any atom is 0.294 e. The number of nitrogens with one attached hydrogen (secondary N) is 1. The first-order valence-corrected chi connectivity index (χ1v) is 13.9. The molecule has 1 amide bonds. The van der Waals surface area contributed by atoms with Crippen molar-refractivity contribution in [3.8, 4) is 11.5 Å². The van der Waals surface area contributed by atoms with Crippen LogP contribution in [-0.4, -0.2) is 30.6 Å². The van der Waals surface area contributed by atoms with Gasteiger partial charge in [0.1, 0.15) is 11.4 Å². The maximum atomic E-state index is 13.3. The number of hydrogen-bond donors (Lipinski definition) is 3. The Bertz CT molecular complexity index is 1720. The fourth-order valence-electron chi connectivity index (χ4n) is 3.95. The molecule has 0 saturated heterocycles. The summed E-state index contributed by atoms with van der Waals surface area (Å²) in [6, 6.07) is 15.5. The van der Waals surface area contributed by atoms with Gasteiger partial charge < -0.3 is 15.2 Å². The van der Waals surface area contributed by atoms with Gasteiger partial charge in [-0.3, -0.25) is 9.35 Å². The zero-order valence-corrected chi connectivity index (χ0v) is 23.1. The Hall–Kier alpha value is -3.70. The Balaban J connectivity index is 1.83. The van der Waals surface area contributed by atoms with E-state index in [9.17, 15) is 22.9 Å². The van der Waals surface area contributed by atoms with Gasteiger partial charge in [-0.15, -0.1) is 5.11 Å². The number of phenolic OH excluding ortho intramolecular Hbond substituents is 1. The second-order valence-electron chi connectivity index (χ2n) is 8.30. The fraction of sp³-hybridized carbons (Fsp3) is 0.148. The zero-order valence-electron chi connectivity index (χ0n) is 20.8. The highest BCUT2D eigenvalue weighted by Crippen LogP contribution is 2.41. The van der Waals surface area contributed by atoms with Gasteiger partial charge in [-0.25, -0.2) is 0 Å². The van der Waals surface area contributed by atoms with Crippen LogP contribution in [0.3, 0.4) is 0 Å². The Morgan fingerprint density at radius 2 is 1.77 bits per heavy atom. The van der Waals surface area contributed by atoms with Gasteiger partial charge in [0.15, 0.2) is 5.75 Å². The lowest BCUT2D eigenvalue weighted by Crippen LogP contribution is -2.13. The van der Waals surface area contributed by atoms with Crippen LogP contribution < -0.4 is 10.1 Å². The minimum Gasteiger partial charge on any atom is -0.505 e. The number of carbonyl (C=O) groups is 1. The largest absolute Gasteiger partial charge is 0.505 e. The molecule has 202 valence electrons. The number of aromatic hydroxyl groups is 1. The molecule has 0 radical (unpaired) electrons. The number of halogens is 2. The van der Waals surface area contributed by atoms with Crippen LogP contribution in [0.25, 0.3) is 10.8 Å². The summed E-state index contributed by atoms with van der Waals surface area (Å²) in [5, 5.41) is 23.9. The Labute approximate surface area is 234 Å². The van der Waals surface area contributed by atoms with Crippen molar-refractivity contribution in [3.63, 3.8) is 0 Å². The highest BCUT2D eigenvalue weighted by Gasteiger charge is 2.21. The van der Waals surface area contributed by atoms with Crippen molar-refractivity contribution in [1.82, 2.24) is 0 Å². The number of nitrogens with zero attached hydrogens (tertiary/aromatic N) is 2. The quantitative estimate of drug-likeness (QED) is 0.142. The van der Waals surface area contributed by atoms with Gasteiger partial charge in [0, 0.05) is 21.5 Å². The average Bonchev–Trinajstić information content (AvgIpc) is 2.88. The zero-order chi connectivity index (χ0) is 28.3. The van der Waals surface area contributed by atoms with Crippen molar-refractivity contribution in [2.45, 2.75) is 25.2 Å². The minimum absolute atomic E-state index is 0.0187. The molecule has 0 bridgehead atoms. The Morgan fingerprint density at radius 1 is 1.03 bits per heavy atom. The molecule has 0 aliphatic heterocycles. The highest BCUT2D eigenvalue weighted by molar-refractivity contribution is 7.85. The van der Waals surface area contributed by atoms with Crippen molar-refractivity contribution >= 4 is 67.1 Å². The topological polar surface area (TPSA) is 138 Å². The van der Waals surface area contributed by atoms with Gasteiger partial charge in [-0.1, -0.05) is 54.4 Å². The van der Waals surface area contributed by atoms with E-state index in [0.29, 0.717) is 45.8 Å². The number of fused-ring (bicyclic) bond motifs is 1. The van der Waals surface area contributed by atoms with E-state index in [0.717, 1.165) is 12.1 Å². The predicted molar refractivity (Wildman–Crippen MR) is 151 cm³/mol. The van der Waals surface area contributed by atoms with E-state index in [2.05, 4.69) is 15.5 Å². The molecular weight excluding hydrogens is 565 g/mol. The third-order valence-corrected chi connectivity index (χ3v) is 7.19. The molecule has 0 saturated carbocycles. The fourth-order valence-corrected chi connectivity index (χ4v) is 5.05. The molecule has 4 aromatic carbocycles. The number of hydrogen-bond acceptors (Lipinski definition) is 7. The van der Waals surface area contributed by atoms with E-state index in [1.54, 1.807) is 56.3 Å². The molecule has 39 heavy (non-hydrogen) atoms. The number of azo groups is 1. The summed E-state index contributed by atoms with van der Waals surface area (Å²) in [7, 11) is -4.56. The Kier molecular flexibility index (Phi) is 8.41. The molecule has 0 aromatic heterocycles. The van der Waals surface area contributed by atoms with Crippen LogP contribution in [0.4, 0.5) is 17.1 Å². The van der Waals surface area contributed by atoms with Crippen molar-refractivity contribution in [2.24, 2.45) is 10.2 Å². The molecule has 0 fully saturated rings. The number of benzene rings is 4. The molecule has 4 aromatic rings. The molecule has 0 heterocycles. The maximum absolute atomic E-state index is 13.3. The summed E-state index contributed by atoms with van der Waals surface area (Å²) in [6.07, 6.45) is 0.386. The number of carbonyl (C=O) groups excluding carboxylic acids is 1. The molecule has 0 aliphatic rings. The normalized spacial score (nSPS) is 11.7. The van der Waals surface area contributed by atoms with Crippen LogP contribution in [-0.2, 0) is 16.5 Å². The molecule has 0 unspecified atom stereocenters. The van der Waals surface area contributed by atoms with E-state index in [4.69, 9.17) is 27.9 Å². The Morgan fingerprint density at radius 3 is 2.46 bits per heavy atom. The lowest BCUT2D eigenvalue weighted by molar-refractivity contribution is 0.102. The van der Waals surface area contributed by atoms with Crippen molar-refractivity contribution in [1.29, 1.82) is 0 Å². The number of anilines is 1. The molecule has 0 atom stereocenters. The van der Waals surface area contributed by atoms with E-state index in [1.807, 2.05) is 0 Å². The molecule has 3 N–H and O–H groups in total. The second-order valence-corrected chi connectivity index (χ2v) is 10.6. The van der Waals surface area contributed by atoms with Gasteiger partial charge in [0.2, 0.25) is 0 Å². The first kappa shape index (κ1) is 28.3. The van der Waals surface area contributed by atoms with Gasteiger partial charge in [0.25, 0.3) is 16.0 Å². The SMILES string of the molecule is CCOc1cc(Cl)ccc1NC(=O)c1cc2ccccc2c(N=Nc2cc(S(=O)(=O)O)cc(Cl)c2CC)c1O. The van der Waals surface area contributed by atoms with Crippen LogP contribution in [0.2, 0.25) is 10.0 Å². The van der Waals surface area contributed by atoms with Crippen LogP contribution in [0.1, 0.15) is 29.8 Å². The third-order valence-electron chi connectivity index (χ3n) is 5.79. The molecule has 12 heteroatoms. The lowest BCUT2D eigenvalue weighted by atomic mass is 10.0. The van der Waals surface area contributed by atoms with Gasteiger partial charge in [0.05, 0.1) is 28.4 Å². The van der Waals surface area contributed by atoms with E-state index in [-0.39, 0.29) is 22.0 Å². The number of phenols is 1. The second kappa shape index (κ2) is 11.6. The van der Waals surface area contributed by atoms with Crippen LogP contribution >= 0.6 is 23.2 Å². The molecule has 0 aliphatic carbocycles. The molecule has 4 rings (SSSR count). The van der Waals surface area contributed by atoms with E-state index >= 15 is 0 Å². The summed E-state index contributed by atoms with van der Waals surface area (Å²) >= 11 is 12.3. The standard InChI is InChI=1S/C27H23Cl2N3O6S/c1-3-18-21(29)13-17(39(35,36)37)14-23(18)31-32-25-19-8-6-5-7-15(19)11-20(26(25)33)27(34)30-22-10-9-16(28)12-24(22)38-4-2/h5-14,33H,3-4H2,1-2H3,(H,30,34)(H,35,36,37). The van der Waals surface area contributed by atoms with Crippen molar-refractivity contribution < 1.29 is 27.6 Å². The number of rotatable bonds is 8. The summed E-state index contributed by atoms with van der Waals surface area (Å²) in [6.45, 7) is 3.93. The van der Waals surface area contributed by atoms with E-state index < -0.39 is 26.7 Å². The average molecular weight is 588 g/mol. The lowest BCUT2D eigenvalue weighted by Gasteiger charge is -2.14. The summed E-state index contributed by atoms with van der Waals surface area (Å²) < 4.78 is 38.5. The predicted octanol–water partition coefficient (Wildman–Crippen LogP) is 7.73. The molecular formula is C27H23Cl2N3O6S. The highest BCUT2D eigenvalue weighted by atomic mass is 35.5. The van der Waals surface area contributed by atoms with Crippen molar-refractivity contribution in [3.05, 3.63) is 81.8 Å². The number of amides is 1.